The summed E-state index contributed by atoms with van der Waals surface area (Å²) in [5.74, 6) is 1.26. The van der Waals surface area contributed by atoms with Gasteiger partial charge in [-0.05, 0) is 66.8 Å². The lowest BCUT2D eigenvalue weighted by Gasteiger charge is -2.09. The number of carbonyl (C=O) groups excluding carboxylic acids is 2. The Morgan fingerprint density at radius 2 is 1.55 bits per heavy atom. The predicted molar refractivity (Wildman–Crippen MR) is 126 cm³/mol. The third-order valence-corrected chi connectivity index (χ3v) is 6.10. The smallest absolute Gasteiger partial charge is 0.286 e. The molecule has 0 saturated carbocycles. The zero-order valence-electron chi connectivity index (χ0n) is 17.4. The molecule has 1 saturated heterocycles. The first-order valence-corrected chi connectivity index (χ1v) is 11.0. The topological polar surface area (TPSA) is 55.4 Å². The maximum atomic E-state index is 11.7. The van der Waals surface area contributed by atoms with Gasteiger partial charge in [-0.2, -0.15) is 0 Å². The molecule has 2 amide bonds. The predicted octanol–water partition coefficient (Wildman–Crippen LogP) is 6.24. The molecule has 4 rings (SSSR count). The third-order valence-electron chi connectivity index (χ3n) is 5.12. The summed E-state index contributed by atoms with van der Waals surface area (Å²) in [4.78, 5) is 23.0. The second-order valence-electron chi connectivity index (χ2n) is 7.60. The molecule has 3 aromatic carbocycles. The third kappa shape index (κ3) is 5.44. The second-order valence-corrected chi connectivity index (χ2v) is 8.77. The maximum Gasteiger partial charge on any atom is 0.286 e. The van der Waals surface area contributed by atoms with Crippen LogP contribution < -0.4 is 10.1 Å². The van der Waals surface area contributed by atoms with Crippen LogP contribution in [0.3, 0.4) is 0 Å². The number of amides is 2. The molecule has 1 unspecified atom stereocenters. The highest BCUT2D eigenvalue weighted by Gasteiger charge is 2.31. The van der Waals surface area contributed by atoms with E-state index in [1.807, 2.05) is 36.4 Å². The minimum atomic E-state index is -0.358. The number of ether oxygens (including phenoxy) is 1. The number of allylic oxidation sites excluding steroid dienone is 1. The summed E-state index contributed by atoms with van der Waals surface area (Å²) in [6, 6.07) is 24.1. The summed E-state index contributed by atoms with van der Waals surface area (Å²) in [6.45, 7) is 4.19. The zero-order valence-corrected chi connectivity index (χ0v) is 18.2. The number of hydrogen-bond donors (Lipinski definition) is 1. The van der Waals surface area contributed by atoms with Crippen LogP contribution in [-0.4, -0.2) is 16.4 Å². The first-order chi connectivity index (χ1) is 15.0. The van der Waals surface area contributed by atoms with Crippen LogP contribution in [0.15, 0.2) is 72.8 Å². The van der Waals surface area contributed by atoms with Gasteiger partial charge in [0.1, 0.15) is 11.5 Å². The van der Waals surface area contributed by atoms with Crippen LogP contribution in [0.2, 0.25) is 0 Å². The number of rotatable bonds is 6. The van der Waals surface area contributed by atoms with Crippen molar-refractivity contribution in [2.75, 3.05) is 0 Å². The van der Waals surface area contributed by atoms with Crippen LogP contribution in [-0.2, 0) is 11.2 Å². The number of benzene rings is 3. The van der Waals surface area contributed by atoms with Gasteiger partial charge in [0.15, 0.2) is 0 Å². The minimum Gasteiger partial charge on any atom is -0.457 e. The molecule has 1 fully saturated rings. The molecule has 5 heteroatoms. The Morgan fingerprint density at radius 3 is 2.13 bits per heavy atom. The maximum absolute atomic E-state index is 11.7. The normalized spacial score (nSPS) is 16.3. The van der Waals surface area contributed by atoms with Crippen LogP contribution in [0.1, 0.15) is 29.2 Å². The largest absolute Gasteiger partial charge is 0.457 e. The average Bonchev–Trinajstić information content (AvgIpc) is 3.08. The van der Waals surface area contributed by atoms with Crippen molar-refractivity contribution in [3.63, 3.8) is 0 Å². The van der Waals surface area contributed by atoms with E-state index in [9.17, 15) is 9.59 Å². The monoisotopic (exact) mass is 429 g/mol. The van der Waals surface area contributed by atoms with Crippen molar-refractivity contribution in [3.8, 4) is 11.5 Å². The van der Waals surface area contributed by atoms with Crippen molar-refractivity contribution in [1.29, 1.82) is 0 Å². The summed E-state index contributed by atoms with van der Waals surface area (Å²) >= 11 is 1.04. The molecule has 0 aliphatic carbocycles. The van der Waals surface area contributed by atoms with Crippen LogP contribution in [0.5, 0.6) is 11.5 Å². The van der Waals surface area contributed by atoms with Gasteiger partial charge in [-0.25, -0.2) is 0 Å². The molecule has 3 aromatic rings. The molecule has 1 aliphatic rings. The number of carbonyl (C=O) groups is 2. The Morgan fingerprint density at radius 1 is 0.935 bits per heavy atom. The van der Waals surface area contributed by atoms with Gasteiger partial charge in [0.05, 0.1) is 5.25 Å². The van der Waals surface area contributed by atoms with Gasteiger partial charge >= 0.3 is 0 Å². The fourth-order valence-corrected chi connectivity index (χ4v) is 4.21. The molecule has 1 heterocycles. The molecule has 0 spiro atoms. The van der Waals surface area contributed by atoms with E-state index in [4.69, 9.17) is 4.74 Å². The number of nitrogens with one attached hydrogen (secondary N) is 1. The highest BCUT2D eigenvalue weighted by molar-refractivity contribution is 8.15. The van der Waals surface area contributed by atoms with E-state index in [-0.39, 0.29) is 16.4 Å². The Balaban J connectivity index is 1.38. The lowest BCUT2D eigenvalue weighted by molar-refractivity contribution is -0.118. The minimum absolute atomic E-state index is 0.220. The fraction of sp³-hybridized carbons (Fsp3) is 0.154. The summed E-state index contributed by atoms with van der Waals surface area (Å²) in [7, 11) is 0. The number of aryl methyl sites for hydroxylation is 1. The molecular weight excluding hydrogens is 406 g/mol. The first-order valence-electron chi connectivity index (χ1n) is 10.1. The van der Waals surface area contributed by atoms with Crippen molar-refractivity contribution >= 4 is 34.6 Å². The average molecular weight is 430 g/mol. The van der Waals surface area contributed by atoms with E-state index in [1.54, 1.807) is 0 Å². The molecule has 0 bridgehead atoms. The van der Waals surface area contributed by atoms with Crippen LogP contribution >= 0.6 is 11.8 Å². The van der Waals surface area contributed by atoms with Crippen molar-refractivity contribution < 1.29 is 14.3 Å². The van der Waals surface area contributed by atoms with Gasteiger partial charge in [-0.3, -0.25) is 14.9 Å². The summed E-state index contributed by atoms with van der Waals surface area (Å²) in [5, 5.41) is 1.68. The Bertz CT molecular complexity index is 1120. The van der Waals surface area contributed by atoms with Gasteiger partial charge in [-0.1, -0.05) is 71.9 Å². The van der Waals surface area contributed by atoms with Crippen molar-refractivity contribution in [3.05, 3.63) is 95.1 Å². The fourth-order valence-electron chi connectivity index (χ4n) is 3.35. The summed E-state index contributed by atoms with van der Waals surface area (Å²) in [6.07, 6.45) is 2.69. The van der Waals surface area contributed by atoms with E-state index in [0.29, 0.717) is 6.42 Å². The van der Waals surface area contributed by atoms with E-state index in [1.165, 1.54) is 16.7 Å². The lowest BCUT2D eigenvalue weighted by atomic mass is 10.0. The van der Waals surface area contributed by atoms with Crippen molar-refractivity contribution in [1.82, 2.24) is 5.32 Å². The van der Waals surface area contributed by atoms with Gasteiger partial charge < -0.3 is 4.74 Å². The van der Waals surface area contributed by atoms with E-state index in [0.717, 1.165) is 34.4 Å². The van der Waals surface area contributed by atoms with Crippen LogP contribution in [0.25, 0.3) is 11.6 Å². The van der Waals surface area contributed by atoms with Gasteiger partial charge in [0, 0.05) is 0 Å². The number of thioether (sulfide) groups is 1. The van der Waals surface area contributed by atoms with E-state index in [2.05, 4.69) is 61.6 Å². The quantitative estimate of drug-likeness (QED) is 0.471. The summed E-state index contributed by atoms with van der Waals surface area (Å²) < 4.78 is 5.95. The van der Waals surface area contributed by atoms with Crippen LogP contribution in [0.4, 0.5) is 4.79 Å². The zero-order chi connectivity index (χ0) is 21.8. The highest BCUT2D eigenvalue weighted by atomic mass is 32.2. The standard InChI is InChI=1S/C26H23NO3S/c1-17-3-5-19(6-4-17)15-18(2)21-9-13-23(14-10-21)30-22-11-7-20(8-12-22)16-24-25(28)27-26(29)31-24/h3-15,24H,16H2,1-2H3,(H,27,28,29)/b18-15-. The molecule has 1 atom stereocenters. The summed E-state index contributed by atoms with van der Waals surface area (Å²) in [5.41, 5.74) is 5.75. The Hall–Kier alpha value is -3.31. The molecule has 0 radical (unpaired) electrons. The highest BCUT2D eigenvalue weighted by Crippen LogP contribution is 2.27. The lowest BCUT2D eigenvalue weighted by Crippen LogP contribution is -2.25. The van der Waals surface area contributed by atoms with E-state index < -0.39 is 0 Å². The molecular formula is C26H23NO3S. The molecule has 4 nitrogen and oxygen atoms in total. The van der Waals surface area contributed by atoms with Crippen molar-refractivity contribution in [2.45, 2.75) is 25.5 Å². The Kier molecular flexibility index (Phi) is 6.23. The SMILES string of the molecule is C/C(=C/c1ccc(C)cc1)c1ccc(Oc2ccc(CC3SC(=O)NC3=O)cc2)cc1. The first kappa shape index (κ1) is 20.9. The Labute approximate surface area is 186 Å². The van der Waals surface area contributed by atoms with Crippen molar-refractivity contribution in [2.24, 2.45) is 0 Å². The van der Waals surface area contributed by atoms with E-state index >= 15 is 0 Å². The molecule has 156 valence electrons. The van der Waals surface area contributed by atoms with Gasteiger partial charge in [0.2, 0.25) is 5.91 Å². The molecule has 1 N–H and O–H groups in total. The molecule has 31 heavy (non-hydrogen) atoms. The molecule has 0 aromatic heterocycles. The van der Waals surface area contributed by atoms with Crippen LogP contribution in [0, 0.1) is 6.92 Å². The number of imide groups is 1. The molecule has 1 aliphatic heterocycles. The number of hydrogen-bond acceptors (Lipinski definition) is 4. The van der Waals surface area contributed by atoms with Gasteiger partial charge in [0.25, 0.3) is 5.24 Å². The second kappa shape index (κ2) is 9.23. The van der Waals surface area contributed by atoms with Gasteiger partial charge in [-0.15, -0.1) is 0 Å².